The van der Waals surface area contributed by atoms with Crippen LogP contribution in [0.1, 0.15) is 126 Å². The molecule has 1 fully saturated rings. The molecule has 3 rings (SSSR count). The Kier molecular flexibility index (Phi) is 12.4. The lowest BCUT2D eigenvalue weighted by Crippen LogP contribution is -2.25. The first kappa shape index (κ1) is 28.3. The van der Waals surface area contributed by atoms with E-state index in [1.165, 1.54) is 76.3 Å². The van der Waals surface area contributed by atoms with E-state index < -0.39 is 11.8 Å². The molecule has 0 aliphatic heterocycles. The van der Waals surface area contributed by atoms with Crippen molar-refractivity contribution < 1.29 is 13.9 Å². The third kappa shape index (κ3) is 9.29. The summed E-state index contributed by atoms with van der Waals surface area (Å²) in [6.07, 6.45) is 22.5. The van der Waals surface area contributed by atoms with Gasteiger partial charge in [0.15, 0.2) is 5.82 Å². The highest BCUT2D eigenvalue weighted by atomic mass is 19.1. The van der Waals surface area contributed by atoms with E-state index in [4.69, 9.17) is 4.74 Å². The molecular weight excluding hydrogens is 451 g/mol. The Morgan fingerprint density at radius 2 is 1.53 bits per heavy atom. The Labute approximate surface area is 217 Å². The summed E-state index contributed by atoms with van der Waals surface area (Å²) in [7, 11) is 0. The zero-order chi connectivity index (χ0) is 25.6. The highest BCUT2D eigenvalue weighted by Crippen LogP contribution is 2.31. The first-order chi connectivity index (χ1) is 17.6. The molecule has 0 radical (unpaired) electrons. The molecule has 1 aromatic carbocycles. The van der Waals surface area contributed by atoms with Gasteiger partial charge in [-0.2, -0.15) is 0 Å². The molecule has 1 aliphatic carbocycles. The van der Waals surface area contributed by atoms with Crippen molar-refractivity contribution in [3.63, 3.8) is 0 Å². The lowest BCUT2D eigenvalue weighted by atomic mass is 9.84. The van der Waals surface area contributed by atoms with Crippen molar-refractivity contribution in [1.29, 1.82) is 0 Å². The quantitative estimate of drug-likeness (QED) is 0.182. The van der Waals surface area contributed by atoms with Gasteiger partial charge in [-0.3, -0.25) is 0 Å². The Morgan fingerprint density at radius 3 is 2.17 bits per heavy atom. The average Bonchev–Trinajstić information content (AvgIpc) is 2.89. The minimum absolute atomic E-state index is 0.0134. The number of rotatable bonds is 15. The normalized spacial score (nSPS) is 17.8. The van der Waals surface area contributed by atoms with Crippen LogP contribution in [0.2, 0.25) is 0 Å². The van der Waals surface area contributed by atoms with Crippen molar-refractivity contribution in [2.45, 2.75) is 123 Å². The van der Waals surface area contributed by atoms with Crippen molar-refractivity contribution in [2.75, 3.05) is 0 Å². The molecule has 0 atom stereocenters. The van der Waals surface area contributed by atoms with Gasteiger partial charge in [0.05, 0.1) is 5.56 Å². The van der Waals surface area contributed by atoms with Crippen LogP contribution < -0.4 is 0 Å². The van der Waals surface area contributed by atoms with Gasteiger partial charge in [0.1, 0.15) is 11.9 Å². The number of aryl methyl sites for hydroxylation is 1. The molecule has 0 N–H and O–H groups in total. The summed E-state index contributed by atoms with van der Waals surface area (Å²) < 4.78 is 20.5. The number of nitrogens with zero attached hydrogens (tertiary/aromatic N) is 2. The van der Waals surface area contributed by atoms with Crippen molar-refractivity contribution >= 4 is 5.97 Å². The van der Waals surface area contributed by atoms with Crippen LogP contribution in [-0.2, 0) is 11.2 Å². The molecule has 1 heterocycles. The summed E-state index contributed by atoms with van der Waals surface area (Å²) in [6, 6.07) is 4.54. The molecule has 36 heavy (non-hydrogen) atoms. The van der Waals surface area contributed by atoms with Gasteiger partial charge in [0, 0.05) is 18.0 Å². The smallest absolute Gasteiger partial charge is 0.341 e. The zero-order valence-electron chi connectivity index (χ0n) is 22.4. The standard InChI is InChI=1S/C31H45FN2O2/c1-3-5-7-9-11-13-24-15-18-27(19-16-24)36-31(35)28-20-17-26(21-29(28)32)30-33-22-25(23-34-30)14-12-10-8-6-4-2/h17,20-24,27H,3-16,18-19H2,1-2H3/t24-,27-. The van der Waals surface area contributed by atoms with Gasteiger partial charge in [-0.1, -0.05) is 84.1 Å². The fourth-order valence-corrected chi connectivity index (χ4v) is 5.18. The third-order valence-corrected chi connectivity index (χ3v) is 7.50. The summed E-state index contributed by atoms with van der Waals surface area (Å²) in [5.74, 6) is 0.0601. The second-order valence-electron chi connectivity index (χ2n) is 10.5. The first-order valence-electron chi connectivity index (χ1n) is 14.4. The summed E-state index contributed by atoms with van der Waals surface area (Å²) in [4.78, 5) is 21.5. The minimum Gasteiger partial charge on any atom is -0.459 e. The van der Waals surface area contributed by atoms with E-state index in [-0.39, 0.29) is 11.7 Å². The fraction of sp³-hybridized carbons (Fsp3) is 0.645. The molecule has 1 saturated carbocycles. The SMILES string of the molecule is CCCCCCCc1cnc(-c2ccc(C(=O)O[C@H]3CC[C@H](CCCCCCC)CC3)c(F)c2)nc1. The van der Waals surface area contributed by atoms with Crippen LogP contribution in [0.3, 0.4) is 0 Å². The Balaban J connectivity index is 1.44. The lowest BCUT2D eigenvalue weighted by molar-refractivity contribution is 0.0156. The first-order valence-corrected chi connectivity index (χ1v) is 14.4. The van der Waals surface area contributed by atoms with Gasteiger partial charge in [0.2, 0.25) is 0 Å². The van der Waals surface area contributed by atoms with Crippen molar-refractivity contribution in [1.82, 2.24) is 9.97 Å². The maximum atomic E-state index is 14.8. The number of halogens is 1. The van der Waals surface area contributed by atoms with Crippen molar-refractivity contribution in [2.24, 2.45) is 5.92 Å². The molecule has 4 nitrogen and oxygen atoms in total. The monoisotopic (exact) mass is 496 g/mol. The van der Waals surface area contributed by atoms with Crippen LogP contribution in [0.4, 0.5) is 4.39 Å². The van der Waals surface area contributed by atoms with E-state index in [9.17, 15) is 9.18 Å². The molecule has 2 aromatic rings. The number of esters is 1. The summed E-state index contributed by atoms with van der Waals surface area (Å²) in [6.45, 7) is 4.46. The van der Waals surface area contributed by atoms with Crippen LogP contribution in [0, 0.1) is 11.7 Å². The van der Waals surface area contributed by atoms with E-state index in [1.807, 2.05) is 12.4 Å². The van der Waals surface area contributed by atoms with E-state index in [1.54, 1.807) is 6.07 Å². The fourth-order valence-electron chi connectivity index (χ4n) is 5.18. The lowest BCUT2D eigenvalue weighted by Gasteiger charge is -2.28. The Morgan fingerprint density at radius 1 is 0.889 bits per heavy atom. The minimum atomic E-state index is -0.582. The molecule has 0 saturated heterocycles. The molecular formula is C31H45FN2O2. The molecule has 0 bridgehead atoms. The topological polar surface area (TPSA) is 52.1 Å². The maximum absolute atomic E-state index is 14.8. The molecule has 0 spiro atoms. The van der Waals surface area contributed by atoms with Crippen LogP contribution in [0.5, 0.6) is 0 Å². The molecule has 5 heteroatoms. The number of aromatic nitrogens is 2. The second kappa shape index (κ2) is 15.7. The number of hydrogen-bond donors (Lipinski definition) is 0. The molecule has 1 aliphatic rings. The zero-order valence-corrected chi connectivity index (χ0v) is 22.4. The van der Waals surface area contributed by atoms with Crippen LogP contribution in [0.15, 0.2) is 30.6 Å². The highest BCUT2D eigenvalue weighted by Gasteiger charge is 2.25. The van der Waals surface area contributed by atoms with E-state index in [0.29, 0.717) is 11.4 Å². The van der Waals surface area contributed by atoms with Gasteiger partial charge < -0.3 is 4.74 Å². The average molecular weight is 497 g/mol. The van der Waals surface area contributed by atoms with Gasteiger partial charge in [0.25, 0.3) is 0 Å². The molecule has 198 valence electrons. The maximum Gasteiger partial charge on any atom is 0.341 e. The van der Waals surface area contributed by atoms with E-state index in [0.717, 1.165) is 50.0 Å². The molecule has 1 aromatic heterocycles. The number of ether oxygens (including phenoxy) is 1. The highest BCUT2D eigenvalue weighted by molar-refractivity contribution is 5.90. The Bertz CT molecular complexity index is 907. The molecule has 0 unspecified atom stereocenters. The number of carbonyl (C=O) groups is 1. The number of unbranched alkanes of at least 4 members (excludes halogenated alkanes) is 8. The predicted octanol–water partition coefficient (Wildman–Crippen LogP) is 8.87. The Hall–Kier alpha value is -2.30. The largest absolute Gasteiger partial charge is 0.459 e. The summed E-state index contributed by atoms with van der Waals surface area (Å²) in [5, 5.41) is 0. The van der Waals surface area contributed by atoms with Crippen LogP contribution in [-0.4, -0.2) is 22.0 Å². The van der Waals surface area contributed by atoms with Gasteiger partial charge in [-0.25, -0.2) is 19.2 Å². The number of carbonyl (C=O) groups excluding carboxylic acids is 1. The number of benzene rings is 1. The predicted molar refractivity (Wildman–Crippen MR) is 144 cm³/mol. The summed E-state index contributed by atoms with van der Waals surface area (Å²) >= 11 is 0. The van der Waals surface area contributed by atoms with Crippen LogP contribution in [0.25, 0.3) is 11.4 Å². The van der Waals surface area contributed by atoms with Gasteiger partial charge in [-0.05, 0) is 62.1 Å². The number of hydrogen-bond acceptors (Lipinski definition) is 4. The van der Waals surface area contributed by atoms with Gasteiger partial charge >= 0.3 is 5.97 Å². The van der Waals surface area contributed by atoms with E-state index in [2.05, 4.69) is 23.8 Å². The van der Waals surface area contributed by atoms with Gasteiger partial charge in [-0.15, -0.1) is 0 Å². The van der Waals surface area contributed by atoms with Crippen LogP contribution >= 0.6 is 0 Å². The molecule has 0 amide bonds. The van der Waals surface area contributed by atoms with E-state index >= 15 is 0 Å². The van der Waals surface area contributed by atoms with Crippen molar-refractivity contribution in [3.05, 3.63) is 47.5 Å². The summed E-state index contributed by atoms with van der Waals surface area (Å²) in [5.41, 5.74) is 1.65. The van der Waals surface area contributed by atoms with Crippen molar-refractivity contribution in [3.8, 4) is 11.4 Å². The second-order valence-corrected chi connectivity index (χ2v) is 10.5. The third-order valence-electron chi connectivity index (χ3n) is 7.50.